The lowest BCUT2D eigenvalue weighted by atomic mass is 10.1. The highest BCUT2D eigenvalue weighted by Crippen LogP contribution is 2.28. The number of hydrogen-bond acceptors (Lipinski definition) is 6. The van der Waals surface area contributed by atoms with Crippen LogP contribution in [0.3, 0.4) is 0 Å². The third-order valence-corrected chi connectivity index (χ3v) is 6.61. The normalized spacial score (nSPS) is 15.1. The molecule has 0 fully saturated rings. The van der Waals surface area contributed by atoms with E-state index in [1.807, 2.05) is 4.72 Å². The first-order valence-electron chi connectivity index (χ1n) is 8.25. The van der Waals surface area contributed by atoms with E-state index in [-0.39, 0.29) is 15.1 Å². The molecule has 10 heteroatoms. The van der Waals surface area contributed by atoms with Crippen LogP contribution < -0.4 is 9.46 Å². The van der Waals surface area contributed by atoms with Gasteiger partial charge in [0.15, 0.2) is 0 Å². The van der Waals surface area contributed by atoms with Crippen molar-refractivity contribution in [3.63, 3.8) is 0 Å². The number of aromatic nitrogens is 1. The molecule has 29 heavy (non-hydrogen) atoms. The minimum atomic E-state index is -4.17. The van der Waals surface area contributed by atoms with Gasteiger partial charge in [-0.25, -0.2) is 18.1 Å². The summed E-state index contributed by atoms with van der Waals surface area (Å²) in [5.41, 5.74) is 1.33. The quantitative estimate of drug-likeness (QED) is 0.681. The number of hydrogen-bond donors (Lipinski definition) is 1. The summed E-state index contributed by atoms with van der Waals surface area (Å²) < 4.78 is 32.8. The van der Waals surface area contributed by atoms with E-state index in [0.29, 0.717) is 27.8 Å². The lowest BCUT2D eigenvalue weighted by Gasteiger charge is -2.09. The molecule has 0 saturated carbocycles. The van der Waals surface area contributed by atoms with Crippen LogP contribution in [0, 0.1) is 0 Å². The number of sulfonamides is 1. The van der Waals surface area contributed by atoms with Crippen molar-refractivity contribution in [1.29, 1.82) is 0 Å². The number of pyridine rings is 1. The van der Waals surface area contributed by atoms with Gasteiger partial charge in [0.2, 0.25) is 0 Å². The van der Waals surface area contributed by atoms with E-state index in [9.17, 15) is 13.2 Å². The molecule has 1 aromatic carbocycles. The van der Waals surface area contributed by atoms with Gasteiger partial charge in [-0.05, 0) is 53.2 Å². The fourth-order valence-corrected chi connectivity index (χ4v) is 4.72. The van der Waals surface area contributed by atoms with Gasteiger partial charge < -0.3 is 4.74 Å². The van der Waals surface area contributed by atoms with Crippen molar-refractivity contribution >= 4 is 49.2 Å². The molecule has 3 rings (SSSR count). The first-order chi connectivity index (χ1) is 13.8. The molecule has 0 aliphatic carbocycles. The predicted octanol–water partition coefficient (Wildman–Crippen LogP) is 3.64. The molecule has 1 amide bonds. The maximum atomic E-state index is 12.7. The van der Waals surface area contributed by atoms with Crippen molar-refractivity contribution in [3.05, 3.63) is 75.1 Å². The summed E-state index contributed by atoms with van der Waals surface area (Å²) in [5, 5.41) is 0.369. The van der Waals surface area contributed by atoms with Crippen molar-refractivity contribution in [2.45, 2.75) is 11.8 Å². The second-order valence-electron chi connectivity index (χ2n) is 5.80. The first kappa shape index (κ1) is 21.2. The Labute approximate surface area is 181 Å². The summed E-state index contributed by atoms with van der Waals surface area (Å²) >= 11 is 9.36. The van der Waals surface area contributed by atoms with Crippen molar-refractivity contribution in [1.82, 2.24) is 9.71 Å². The van der Waals surface area contributed by atoms with E-state index in [1.54, 1.807) is 37.4 Å². The molecule has 150 valence electrons. The molecule has 0 spiro atoms. The number of ether oxygens (including phenoxy) is 1. The summed E-state index contributed by atoms with van der Waals surface area (Å²) in [7, 11) is -2.76. The van der Waals surface area contributed by atoms with Crippen LogP contribution in [-0.4, -0.2) is 32.1 Å². The molecule has 0 saturated heterocycles. The van der Waals surface area contributed by atoms with Crippen LogP contribution in [0.1, 0.15) is 12.6 Å². The van der Waals surface area contributed by atoms with E-state index in [4.69, 9.17) is 16.3 Å². The molecule has 7 nitrogen and oxygen atoms in total. The number of carbonyl (C=O) groups excluding carboxylic acids is 1. The SMILES string of the molecule is C/C=C1\C=C(C(=O)NS(=O)(=O)c2cc(OC)ccc2Br)N=C1c1ncccc1Cl. The molecule has 1 aliphatic rings. The largest absolute Gasteiger partial charge is 0.497 e. The van der Waals surface area contributed by atoms with Gasteiger partial charge in [0.1, 0.15) is 22.0 Å². The summed E-state index contributed by atoms with van der Waals surface area (Å²) in [4.78, 5) is 21.0. The molecule has 2 heterocycles. The molecule has 1 N–H and O–H groups in total. The Balaban J connectivity index is 1.92. The highest BCUT2D eigenvalue weighted by molar-refractivity contribution is 9.10. The summed E-state index contributed by atoms with van der Waals surface area (Å²) in [6.07, 6.45) is 4.77. The number of allylic oxidation sites excluding steroid dienone is 3. The zero-order valence-electron chi connectivity index (χ0n) is 15.3. The summed E-state index contributed by atoms with van der Waals surface area (Å²) in [6.45, 7) is 1.77. The highest BCUT2D eigenvalue weighted by Gasteiger charge is 2.27. The van der Waals surface area contributed by atoms with E-state index in [1.165, 1.54) is 25.3 Å². The predicted molar refractivity (Wildman–Crippen MR) is 114 cm³/mol. The number of halogens is 2. The zero-order valence-corrected chi connectivity index (χ0v) is 18.5. The van der Waals surface area contributed by atoms with E-state index < -0.39 is 15.9 Å². The van der Waals surface area contributed by atoms with E-state index in [0.717, 1.165) is 0 Å². The average molecular weight is 497 g/mol. The van der Waals surface area contributed by atoms with Crippen molar-refractivity contribution in [3.8, 4) is 5.75 Å². The second kappa shape index (κ2) is 8.48. The molecule has 0 radical (unpaired) electrons. The molecular formula is C19H15BrClN3O4S. The third-order valence-electron chi connectivity index (χ3n) is 3.98. The molecule has 2 aromatic rings. The summed E-state index contributed by atoms with van der Waals surface area (Å²) in [6, 6.07) is 7.75. The molecule has 0 bridgehead atoms. The molecule has 1 aliphatic heterocycles. The Morgan fingerprint density at radius 1 is 1.31 bits per heavy atom. The number of methoxy groups -OCH3 is 1. The van der Waals surface area contributed by atoms with Crippen LogP contribution in [0.25, 0.3) is 0 Å². The minimum Gasteiger partial charge on any atom is -0.497 e. The first-order valence-corrected chi connectivity index (χ1v) is 10.9. The van der Waals surface area contributed by atoms with Gasteiger partial charge in [-0.2, -0.15) is 0 Å². The van der Waals surface area contributed by atoms with Crippen molar-refractivity contribution in [2.75, 3.05) is 7.11 Å². The standard InChI is InChI=1S/C19H15BrClN3O4S/c1-3-11-9-15(23-17(11)18-14(21)5-4-8-22-18)19(25)24-29(26,27)16-10-12(28-2)6-7-13(16)20/h3-10H,1-2H3,(H,24,25)/b11-3+. The summed E-state index contributed by atoms with van der Waals surface area (Å²) in [5.74, 6) is -0.538. The van der Waals surface area contributed by atoms with Crippen LogP contribution in [-0.2, 0) is 14.8 Å². The van der Waals surface area contributed by atoms with Gasteiger partial charge in [-0.15, -0.1) is 0 Å². The number of rotatable bonds is 5. The zero-order chi connectivity index (χ0) is 21.2. The average Bonchev–Trinajstić information content (AvgIpc) is 3.12. The lowest BCUT2D eigenvalue weighted by Crippen LogP contribution is -2.31. The number of nitrogens with one attached hydrogen (secondary N) is 1. The molecular weight excluding hydrogens is 482 g/mol. The number of carbonyl (C=O) groups is 1. The highest BCUT2D eigenvalue weighted by atomic mass is 79.9. The maximum absolute atomic E-state index is 12.7. The monoisotopic (exact) mass is 495 g/mol. The fraction of sp³-hybridized carbons (Fsp3) is 0.105. The van der Waals surface area contributed by atoms with Crippen LogP contribution in [0.15, 0.2) is 74.3 Å². The number of benzene rings is 1. The van der Waals surface area contributed by atoms with Gasteiger partial charge in [0.25, 0.3) is 15.9 Å². The fourth-order valence-electron chi connectivity index (χ4n) is 2.56. The van der Waals surface area contributed by atoms with Crippen molar-refractivity contribution in [2.24, 2.45) is 4.99 Å². The lowest BCUT2D eigenvalue weighted by molar-refractivity contribution is -0.115. The van der Waals surface area contributed by atoms with Crippen LogP contribution in [0.4, 0.5) is 0 Å². The van der Waals surface area contributed by atoms with Crippen LogP contribution in [0.2, 0.25) is 5.02 Å². The smallest absolute Gasteiger partial charge is 0.283 e. The molecule has 1 aromatic heterocycles. The Bertz CT molecular complexity index is 1190. The van der Waals surface area contributed by atoms with E-state index in [2.05, 4.69) is 25.9 Å². The third kappa shape index (κ3) is 4.42. The Kier molecular flexibility index (Phi) is 6.21. The topological polar surface area (TPSA) is 97.7 Å². The Hall–Kier alpha value is -2.49. The van der Waals surface area contributed by atoms with E-state index >= 15 is 0 Å². The van der Waals surface area contributed by atoms with Gasteiger partial charge in [0.05, 0.1) is 17.8 Å². The molecule has 0 atom stereocenters. The molecule has 0 unspecified atom stereocenters. The number of amides is 1. The Morgan fingerprint density at radius 3 is 2.72 bits per heavy atom. The number of nitrogens with zero attached hydrogens (tertiary/aromatic N) is 2. The second-order valence-corrected chi connectivity index (χ2v) is 8.71. The van der Waals surface area contributed by atoms with Gasteiger partial charge >= 0.3 is 0 Å². The van der Waals surface area contributed by atoms with Gasteiger partial charge in [-0.3, -0.25) is 9.78 Å². The Morgan fingerprint density at radius 2 is 2.07 bits per heavy atom. The number of aliphatic imine (C=N–C) groups is 1. The van der Waals surface area contributed by atoms with Gasteiger partial charge in [0, 0.05) is 22.3 Å². The maximum Gasteiger partial charge on any atom is 0.283 e. The van der Waals surface area contributed by atoms with Crippen LogP contribution >= 0.6 is 27.5 Å². The van der Waals surface area contributed by atoms with Crippen LogP contribution in [0.5, 0.6) is 5.75 Å². The minimum absolute atomic E-state index is 0.0718. The van der Waals surface area contributed by atoms with Crippen molar-refractivity contribution < 1.29 is 17.9 Å². The van der Waals surface area contributed by atoms with Gasteiger partial charge in [-0.1, -0.05) is 17.7 Å².